The lowest BCUT2D eigenvalue weighted by molar-refractivity contribution is 0.627. The minimum atomic E-state index is -0.278. The fourth-order valence-electron chi connectivity index (χ4n) is 2.21. The monoisotopic (exact) mass is 403 g/mol. The Labute approximate surface area is 152 Å². The zero-order valence-corrected chi connectivity index (χ0v) is 15.4. The number of nitrogens with zero attached hydrogens (tertiary/aromatic N) is 3. The highest BCUT2D eigenvalue weighted by atomic mass is 79.9. The molecule has 3 aromatic rings. The van der Waals surface area contributed by atoms with Crippen molar-refractivity contribution in [3.05, 3.63) is 74.6 Å². The molecule has 0 aliphatic heterocycles. The van der Waals surface area contributed by atoms with Crippen LogP contribution in [-0.4, -0.2) is 17.4 Å². The molecule has 3 nitrogen and oxygen atoms in total. The van der Waals surface area contributed by atoms with Crippen LogP contribution < -0.4 is 4.80 Å². The minimum absolute atomic E-state index is 0.278. The fraction of sp³-hybridized carbons (Fsp3) is 0.111. The molecule has 0 spiro atoms. The van der Waals surface area contributed by atoms with Gasteiger partial charge in [-0.05, 0) is 36.8 Å². The Balaban J connectivity index is 2.08. The molecule has 0 unspecified atom stereocenters. The summed E-state index contributed by atoms with van der Waals surface area (Å²) in [6.45, 7) is 2.66. The van der Waals surface area contributed by atoms with Gasteiger partial charge in [0.15, 0.2) is 0 Å². The number of hydrogen-bond acceptors (Lipinski definition) is 3. The van der Waals surface area contributed by atoms with Gasteiger partial charge in [0.25, 0.3) is 0 Å². The van der Waals surface area contributed by atoms with Crippen LogP contribution in [-0.2, 0) is 0 Å². The van der Waals surface area contributed by atoms with Gasteiger partial charge < -0.3 is 0 Å². The smallest absolute Gasteiger partial charge is 0.206 e. The van der Waals surface area contributed by atoms with E-state index in [1.54, 1.807) is 17.0 Å². The quantitative estimate of drug-likeness (QED) is 0.553. The van der Waals surface area contributed by atoms with Crippen LogP contribution in [0, 0.1) is 5.82 Å². The van der Waals surface area contributed by atoms with Gasteiger partial charge in [0.1, 0.15) is 5.82 Å². The average molecular weight is 404 g/mol. The molecule has 6 heteroatoms. The zero-order valence-electron chi connectivity index (χ0n) is 13.0. The van der Waals surface area contributed by atoms with Crippen molar-refractivity contribution in [3.63, 3.8) is 0 Å². The Hall–Kier alpha value is -2.05. The lowest BCUT2D eigenvalue weighted by atomic mass is 10.2. The molecular formula is C18H15BrFN3S. The summed E-state index contributed by atoms with van der Waals surface area (Å²) in [7, 11) is 0. The molecule has 24 heavy (non-hydrogen) atoms. The highest BCUT2D eigenvalue weighted by Crippen LogP contribution is 2.23. The molecule has 0 amide bonds. The first-order valence-electron chi connectivity index (χ1n) is 7.44. The van der Waals surface area contributed by atoms with Gasteiger partial charge in [-0.1, -0.05) is 40.2 Å². The molecule has 0 aliphatic rings. The third-order valence-electron chi connectivity index (χ3n) is 3.27. The summed E-state index contributed by atoms with van der Waals surface area (Å²) in [6, 6.07) is 14.4. The number of thiazole rings is 1. The van der Waals surface area contributed by atoms with Crippen LogP contribution >= 0.6 is 27.3 Å². The number of hydrogen-bond donors (Lipinski definition) is 0. The van der Waals surface area contributed by atoms with Crippen LogP contribution in [0.3, 0.4) is 0 Å². The lowest BCUT2D eigenvalue weighted by Gasteiger charge is -2.04. The normalized spacial score (nSPS) is 12.2. The molecule has 2 aromatic carbocycles. The molecule has 122 valence electrons. The number of aromatic nitrogens is 1. The van der Waals surface area contributed by atoms with E-state index in [0.29, 0.717) is 12.1 Å². The van der Waals surface area contributed by atoms with Gasteiger partial charge in [-0.3, -0.25) is 4.99 Å². The van der Waals surface area contributed by atoms with Crippen molar-refractivity contribution < 1.29 is 4.39 Å². The lowest BCUT2D eigenvalue weighted by Crippen LogP contribution is -2.12. The van der Waals surface area contributed by atoms with Gasteiger partial charge in [0.2, 0.25) is 4.80 Å². The highest BCUT2D eigenvalue weighted by Gasteiger charge is 2.07. The molecular weight excluding hydrogens is 389 g/mol. The van der Waals surface area contributed by atoms with Crippen LogP contribution in [0.1, 0.15) is 12.5 Å². The van der Waals surface area contributed by atoms with Crippen molar-refractivity contribution in [2.24, 2.45) is 10.1 Å². The summed E-state index contributed by atoms with van der Waals surface area (Å²) in [5, 5.41) is 6.56. The number of benzene rings is 2. The SMILES string of the molecule is CCN=c1scc(-c2cccc(Br)c2)n1N=Cc1cccc(F)c1. The van der Waals surface area contributed by atoms with E-state index in [1.807, 2.05) is 42.6 Å². The molecule has 0 fully saturated rings. The van der Waals surface area contributed by atoms with E-state index in [2.05, 4.69) is 26.0 Å². The first-order chi connectivity index (χ1) is 11.7. The number of rotatable bonds is 4. The molecule has 0 bridgehead atoms. The Morgan fingerprint density at radius 3 is 2.79 bits per heavy atom. The molecule has 3 rings (SSSR count). The summed E-state index contributed by atoms with van der Waals surface area (Å²) < 4.78 is 16.1. The maximum absolute atomic E-state index is 13.3. The second-order valence-electron chi connectivity index (χ2n) is 5.00. The van der Waals surface area contributed by atoms with Crippen LogP contribution in [0.2, 0.25) is 0 Å². The van der Waals surface area contributed by atoms with Crippen LogP contribution in [0.5, 0.6) is 0 Å². The van der Waals surface area contributed by atoms with E-state index in [9.17, 15) is 4.39 Å². The van der Waals surface area contributed by atoms with Gasteiger partial charge in [-0.2, -0.15) is 5.10 Å². The number of halogens is 2. The van der Waals surface area contributed by atoms with Crippen LogP contribution in [0.25, 0.3) is 11.3 Å². The highest BCUT2D eigenvalue weighted by molar-refractivity contribution is 9.10. The molecule has 0 radical (unpaired) electrons. The molecule has 1 heterocycles. The summed E-state index contributed by atoms with van der Waals surface area (Å²) in [5.41, 5.74) is 2.69. The van der Waals surface area contributed by atoms with Gasteiger partial charge in [0, 0.05) is 22.0 Å². The maximum atomic E-state index is 13.3. The zero-order chi connectivity index (χ0) is 16.9. The second-order valence-corrected chi connectivity index (χ2v) is 6.75. The van der Waals surface area contributed by atoms with Crippen LogP contribution in [0.15, 0.2) is 68.5 Å². The molecule has 0 N–H and O–H groups in total. The standard InChI is InChI=1S/C18H15BrFN3S/c1-2-21-18-23(22-11-13-5-3-8-16(20)9-13)17(12-24-18)14-6-4-7-15(19)10-14/h3-12H,2H2,1H3. The molecule has 0 saturated carbocycles. The van der Waals surface area contributed by atoms with Gasteiger partial charge in [-0.15, -0.1) is 11.3 Å². The van der Waals surface area contributed by atoms with Gasteiger partial charge >= 0.3 is 0 Å². The second kappa shape index (κ2) is 7.68. The predicted molar refractivity (Wildman–Crippen MR) is 101 cm³/mol. The Morgan fingerprint density at radius 2 is 2.04 bits per heavy atom. The van der Waals surface area contributed by atoms with Gasteiger partial charge in [0.05, 0.1) is 11.9 Å². The summed E-state index contributed by atoms with van der Waals surface area (Å²) in [4.78, 5) is 5.29. The topological polar surface area (TPSA) is 29.6 Å². The Bertz CT molecular complexity index is 943. The van der Waals surface area contributed by atoms with Crippen molar-refractivity contribution in [2.45, 2.75) is 6.92 Å². The summed E-state index contributed by atoms with van der Waals surface area (Å²) in [5.74, 6) is -0.278. The fourth-order valence-corrected chi connectivity index (χ4v) is 3.51. The largest absolute Gasteiger partial charge is 0.258 e. The van der Waals surface area contributed by atoms with E-state index in [4.69, 9.17) is 0 Å². The Morgan fingerprint density at radius 1 is 1.21 bits per heavy atom. The van der Waals surface area contributed by atoms with E-state index >= 15 is 0 Å². The third-order valence-corrected chi connectivity index (χ3v) is 4.62. The molecule has 1 aromatic heterocycles. The van der Waals surface area contributed by atoms with E-state index < -0.39 is 0 Å². The van der Waals surface area contributed by atoms with E-state index in [1.165, 1.54) is 23.5 Å². The van der Waals surface area contributed by atoms with Gasteiger partial charge in [-0.25, -0.2) is 9.07 Å². The minimum Gasteiger partial charge on any atom is -0.258 e. The molecule has 0 saturated heterocycles. The van der Waals surface area contributed by atoms with E-state index in [0.717, 1.165) is 20.5 Å². The van der Waals surface area contributed by atoms with Crippen molar-refractivity contribution in [1.82, 2.24) is 4.68 Å². The molecule has 0 aliphatic carbocycles. The summed E-state index contributed by atoms with van der Waals surface area (Å²) in [6.07, 6.45) is 1.64. The average Bonchev–Trinajstić information content (AvgIpc) is 2.96. The van der Waals surface area contributed by atoms with Crippen molar-refractivity contribution in [1.29, 1.82) is 0 Å². The van der Waals surface area contributed by atoms with E-state index in [-0.39, 0.29) is 5.82 Å². The predicted octanol–water partition coefficient (Wildman–Crippen LogP) is 4.92. The van der Waals surface area contributed by atoms with Crippen molar-refractivity contribution >= 4 is 33.5 Å². The summed E-state index contributed by atoms with van der Waals surface area (Å²) >= 11 is 5.03. The third kappa shape index (κ3) is 3.88. The first kappa shape index (κ1) is 16.8. The van der Waals surface area contributed by atoms with Crippen LogP contribution in [0.4, 0.5) is 4.39 Å². The molecule has 0 atom stereocenters. The Kier molecular flexibility index (Phi) is 5.37. The van der Waals surface area contributed by atoms with Crippen molar-refractivity contribution in [3.8, 4) is 11.3 Å². The first-order valence-corrected chi connectivity index (χ1v) is 9.11. The maximum Gasteiger partial charge on any atom is 0.206 e. The van der Waals surface area contributed by atoms with Crippen molar-refractivity contribution in [2.75, 3.05) is 6.54 Å².